The molecule has 0 fully saturated rings. The molecule has 0 saturated heterocycles. The van der Waals surface area contributed by atoms with E-state index in [0.717, 1.165) is 19.4 Å². The molecule has 2 rings (SSSR count). The Morgan fingerprint density at radius 1 is 1.29 bits per heavy atom. The fraction of sp³-hybridized carbons (Fsp3) is 0.143. The maximum absolute atomic E-state index is 13.0. The lowest BCUT2D eigenvalue weighted by Gasteiger charge is -2.13. The van der Waals surface area contributed by atoms with Gasteiger partial charge >= 0.3 is 12.1 Å². The van der Waals surface area contributed by atoms with Crippen molar-refractivity contribution >= 4 is 11.7 Å². The third kappa shape index (κ3) is 2.96. The Labute approximate surface area is 118 Å². The van der Waals surface area contributed by atoms with Gasteiger partial charge in [0, 0.05) is 11.8 Å². The summed E-state index contributed by atoms with van der Waals surface area (Å²) in [5.74, 6) is -0.747. The average molecular weight is 296 g/mol. The summed E-state index contributed by atoms with van der Waals surface area (Å²) >= 11 is 0. The van der Waals surface area contributed by atoms with Crippen LogP contribution in [0.3, 0.4) is 0 Å². The monoisotopic (exact) mass is 296 g/mol. The van der Waals surface area contributed by atoms with Crippen LogP contribution in [0, 0.1) is 0 Å². The zero-order valence-corrected chi connectivity index (χ0v) is 10.9. The Kier molecular flexibility index (Phi) is 3.84. The lowest BCUT2D eigenvalue weighted by molar-refractivity contribution is -0.137. The van der Waals surface area contributed by atoms with Crippen LogP contribution in [0.5, 0.6) is 0 Å². The molecule has 0 aliphatic heterocycles. The van der Waals surface area contributed by atoms with Gasteiger partial charge in [-0.3, -0.25) is 0 Å². The number of anilines is 1. The number of ether oxygens (including phenoxy) is 1. The van der Waals surface area contributed by atoms with Crippen LogP contribution < -0.4 is 5.73 Å². The van der Waals surface area contributed by atoms with E-state index < -0.39 is 17.7 Å². The highest BCUT2D eigenvalue weighted by Crippen LogP contribution is 2.37. The van der Waals surface area contributed by atoms with Gasteiger partial charge in [0.1, 0.15) is 0 Å². The summed E-state index contributed by atoms with van der Waals surface area (Å²) in [7, 11) is 1.16. The summed E-state index contributed by atoms with van der Waals surface area (Å²) in [5.41, 5.74) is 4.80. The molecule has 0 aliphatic rings. The minimum Gasteiger partial charge on any atom is -0.464 e. The molecule has 0 spiro atoms. The molecular weight excluding hydrogens is 285 g/mol. The summed E-state index contributed by atoms with van der Waals surface area (Å²) in [6.07, 6.45) is -3.33. The Morgan fingerprint density at radius 2 is 1.95 bits per heavy atom. The number of rotatable bonds is 2. The Hall–Kier alpha value is -2.57. The molecule has 21 heavy (non-hydrogen) atoms. The van der Waals surface area contributed by atoms with Crippen LogP contribution in [0.15, 0.2) is 36.5 Å². The van der Waals surface area contributed by atoms with Crippen LogP contribution in [-0.4, -0.2) is 18.1 Å². The van der Waals surface area contributed by atoms with Crippen LogP contribution in [-0.2, 0) is 10.9 Å². The highest BCUT2D eigenvalue weighted by Gasteiger charge is 2.33. The number of carbonyl (C=O) groups excluding carboxylic acids is 1. The number of nitrogen functional groups attached to an aromatic ring is 1. The molecule has 1 aromatic carbocycles. The lowest BCUT2D eigenvalue weighted by atomic mass is 10.00. The van der Waals surface area contributed by atoms with E-state index in [4.69, 9.17) is 5.73 Å². The maximum Gasteiger partial charge on any atom is 0.417 e. The number of nitrogens with two attached hydrogens (primary N) is 1. The molecule has 0 amide bonds. The standard InChI is InChI=1S/C14H11F3N2O2/c1-21-13(20)12-11(18)6-8(7-19-12)9-4-2-3-5-10(9)14(15,16)17/h2-7H,18H2,1H3. The topological polar surface area (TPSA) is 65.2 Å². The van der Waals surface area contributed by atoms with Gasteiger partial charge in [-0.05, 0) is 17.7 Å². The molecule has 0 radical (unpaired) electrons. The first-order valence-corrected chi connectivity index (χ1v) is 5.85. The molecule has 7 heteroatoms. The molecule has 0 aliphatic carbocycles. The molecule has 1 heterocycles. The van der Waals surface area contributed by atoms with Gasteiger partial charge < -0.3 is 10.5 Å². The normalized spacial score (nSPS) is 11.2. The van der Waals surface area contributed by atoms with Gasteiger partial charge in [0.15, 0.2) is 5.69 Å². The van der Waals surface area contributed by atoms with E-state index in [-0.39, 0.29) is 22.5 Å². The predicted octanol–water partition coefficient (Wildman–Crippen LogP) is 3.14. The number of hydrogen-bond acceptors (Lipinski definition) is 4. The van der Waals surface area contributed by atoms with Crippen molar-refractivity contribution in [2.45, 2.75) is 6.18 Å². The summed E-state index contributed by atoms with van der Waals surface area (Å²) in [4.78, 5) is 15.1. The summed E-state index contributed by atoms with van der Waals surface area (Å²) < 4.78 is 43.4. The van der Waals surface area contributed by atoms with E-state index in [2.05, 4.69) is 9.72 Å². The number of carbonyl (C=O) groups is 1. The molecule has 2 N–H and O–H groups in total. The second-order valence-electron chi connectivity index (χ2n) is 4.20. The summed E-state index contributed by atoms with van der Waals surface area (Å²) in [5, 5.41) is 0. The average Bonchev–Trinajstić information content (AvgIpc) is 2.45. The number of alkyl halides is 3. The number of halogens is 3. The van der Waals surface area contributed by atoms with Crippen molar-refractivity contribution in [2.24, 2.45) is 0 Å². The molecule has 4 nitrogen and oxygen atoms in total. The third-order valence-electron chi connectivity index (χ3n) is 2.84. The van der Waals surface area contributed by atoms with Crippen molar-refractivity contribution in [3.63, 3.8) is 0 Å². The number of pyridine rings is 1. The lowest BCUT2D eigenvalue weighted by Crippen LogP contribution is -2.10. The predicted molar refractivity (Wildman–Crippen MR) is 70.4 cm³/mol. The largest absolute Gasteiger partial charge is 0.464 e. The van der Waals surface area contributed by atoms with Gasteiger partial charge in [-0.15, -0.1) is 0 Å². The fourth-order valence-corrected chi connectivity index (χ4v) is 1.88. The first-order valence-electron chi connectivity index (χ1n) is 5.85. The van der Waals surface area contributed by atoms with Crippen molar-refractivity contribution in [3.05, 3.63) is 47.8 Å². The number of nitrogens with zero attached hydrogens (tertiary/aromatic N) is 1. The number of aromatic nitrogens is 1. The number of hydrogen-bond donors (Lipinski definition) is 1. The summed E-state index contributed by atoms with van der Waals surface area (Å²) in [6.45, 7) is 0. The third-order valence-corrected chi connectivity index (χ3v) is 2.84. The Bertz CT molecular complexity index is 684. The Morgan fingerprint density at radius 3 is 2.52 bits per heavy atom. The molecular formula is C14H11F3N2O2. The minimum atomic E-state index is -4.49. The minimum absolute atomic E-state index is 0.0451. The molecule has 0 atom stereocenters. The van der Waals surface area contributed by atoms with Gasteiger partial charge in [0.05, 0.1) is 18.4 Å². The van der Waals surface area contributed by atoms with Gasteiger partial charge in [-0.2, -0.15) is 13.2 Å². The van der Waals surface area contributed by atoms with Crippen LogP contribution in [0.2, 0.25) is 0 Å². The van der Waals surface area contributed by atoms with Crippen LogP contribution in [0.1, 0.15) is 16.1 Å². The van der Waals surface area contributed by atoms with Crippen molar-refractivity contribution in [1.29, 1.82) is 0 Å². The van der Waals surface area contributed by atoms with E-state index in [1.807, 2.05) is 0 Å². The van der Waals surface area contributed by atoms with Crippen LogP contribution in [0.4, 0.5) is 18.9 Å². The summed E-state index contributed by atoms with van der Waals surface area (Å²) in [6, 6.07) is 6.33. The first kappa shape index (κ1) is 14.8. The van der Waals surface area contributed by atoms with E-state index >= 15 is 0 Å². The fourth-order valence-electron chi connectivity index (χ4n) is 1.88. The van der Waals surface area contributed by atoms with E-state index in [0.29, 0.717) is 0 Å². The second kappa shape index (κ2) is 5.43. The van der Waals surface area contributed by atoms with E-state index in [1.165, 1.54) is 24.3 Å². The number of esters is 1. The van der Waals surface area contributed by atoms with E-state index in [9.17, 15) is 18.0 Å². The maximum atomic E-state index is 13.0. The zero-order chi connectivity index (χ0) is 15.6. The highest BCUT2D eigenvalue weighted by molar-refractivity contribution is 5.93. The second-order valence-corrected chi connectivity index (χ2v) is 4.20. The van der Waals surface area contributed by atoms with E-state index in [1.54, 1.807) is 0 Å². The first-order chi connectivity index (χ1) is 9.84. The van der Waals surface area contributed by atoms with Gasteiger partial charge in [-0.1, -0.05) is 18.2 Å². The van der Waals surface area contributed by atoms with Gasteiger partial charge in [-0.25, -0.2) is 9.78 Å². The van der Waals surface area contributed by atoms with Crippen molar-refractivity contribution in [3.8, 4) is 11.1 Å². The molecule has 110 valence electrons. The van der Waals surface area contributed by atoms with Crippen LogP contribution in [0.25, 0.3) is 11.1 Å². The smallest absolute Gasteiger partial charge is 0.417 e. The molecule has 0 bridgehead atoms. The molecule has 0 saturated carbocycles. The van der Waals surface area contributed by atoms with Crippen molar-refractivity contribution in [2.75, 3.05) is 12.8 Å². The van der Waals surface area contributed by atoms with Crippen molar-refractivity contribution < 1.29 is 22.7 Å². The molecule has 2 aromatic rings. The quantitative estimate of drug-likeness (QED) is 0.865. The Balaban J connectivity index is 2.54. The van der Waals surface area contributed by atoms with Crippen LogP contribution >= 0.6 is 0 Å². The number of methoxy groups -OCH3 is 1. The zero-order valence-electron chi connectivity index (χ0n) is 10.9. The van der Waals surface area contributed by atoms with Crippen molar-refractivity contribution in [1.82, 2.24) is 4.98 Å². The highest BCUT2D eigenvalue weighted by atomic mass is 19.4. The molecule has 0 unspecified atom stereocenters. The van der Waals surface area contributed by atoms with Gasteiger partial charge in [0.2, 0.25) is 0 Å². The van der Waals surface area contributed by atoms with Gasteiger partial charge in [0.25, 0.3) is 0 Å². The SMILES string of the molecule is COC(=O)c1ncc(-c2ccccc2C(F)(F)F)cc1N. The number of benzene rings is 1. The molecule has 1 aromatic heterocycles.